The van der Waals surface area contributed by atoms with Crippen LogP contribution in [0.2, 0.25) is 10.0 Å². The van der Waals surface area contributed by atoms with Crippen molar-refractivity contribution in [1.29, 1.82) is 0 Å². The van der Waals surface area contributed by atoms with Gasteiger partial charge in [0.05, 0.1) is 30.8 Å². The Morgan fingerprint density at radius 2 is 1.56 bits per heavy atom. The van der Waals surface area contributed by atoms with E-state index in [-0.39, 0.29) is 25.2 Å². The molecule has 1 atom stereocenters. The Bertz CT molecular complexity index is 1850. The fourth-order valence-corrected chi connectivity index (χ4v) is 5.52. The Kier molecular flexibility index (Phi) is 10.7. The van der Waals surface area contributed by atoms with E-state index in [1.807, 2.05) is 54.6 Å². The first-order chi connectivity index (χ1) is 22.8. The van der Waals surface area contributed by atoms with Crippen LogP contribution >= 0.6 is 23.2 Å². The first-order valence-electron chi connectivity index (χ1n) is 14.9. The number of alkyl halides is 3. The third-order valence-corrected chi connectivity index (χ3v) is 8.53. The molecule has 4 aromatic carbocycles. The fraction of sp³-hybridized carbons (Fsp3) is 0.222. The minimum atomic E-state index is -4.53. The minimum Gasteiger partial charge on any atom is -0.489 e. The molecule has 250 valence electrons. The Morgan fingerprint density at radius 3 is 2.23 bits per heavy atom. The Labute approximate surface area is 286 Å². The maximum atomic E-state index is 13.5. The molecule has 7 nitrogen and oxygen atoms in total. The topological polar surface area (TPSA) is 79.9 Å². The zero-order valence-corrected chi connectivity index (χ0v) is 27.5. The Morgan fingerprint density at radius 1 is 0.896 bits per heavy atom. The molecule has 0 aromatic heterocycles. The lowest BCUT2D eigenvalue weighted by atomic mass is 9.99. The maximum Gasteiger partial charge on any atom is 0.416 e. The quantitative estimate of drug-likeness (QED) is 0.166. The number of ether oxygens (including phenoxy) is 2. The van der Waals surface area contributed by atoms with E-state index < -0.39 is 35.8 Å². The van der Waals surface area contributed by atoms with E-state index in [4.69, 9.17) is 32.7 Å². The van der Waals surface area contributed by atoms with Crippen LogP contribution in [0, 0.1) is 0 Å². The highest BCUT2D eigenvalue weighted by Gasteiger charge is 2.38. The van der Waals surface area contributed by atoms with Crippen LogP contribution in [0.15, 0.2) is 96.7 Å². The van der Waals surface area contributed by atoms with E-state index in [1.165, 1.54) is 17.0 Å². The van der Waals surface area contributed by atoms with Gasteiger partial charge in [0.2, 0.25) is 11.8 Å². The number of anilines is 1. The lowest BCUT2D eigenvalue weighted by Crippen LogP contribution is -2.50. The van der Waals surface area contributed by atoms with Gasteiger partial charge in [-0.1, -0.05) is 77.8 Å². The number of hydrogen-bond acceptors (Lipinski definition) is 5. The summed E-state index contributed by atoms with van der Waals surface area (Å²) in [5.41, 5.74) is 1.54. The molecule has 0 spiro atoms. The van der Waals surface area contributed by atoms with Gasteiger partial charge in [-0.15, -0.1) is 0 Å². The molecular formula is C36H32Cl2F3N3O4. The van der Waals surface area contributed by atoms with Crippen molar-refractivity contribution in [3.05, 3.63) is 135 Å². The molecule has 2 amide bonds. The summed E-state index contributed by atoms with van der Waals surface area (Å²) in [7, 11) is 1.55. The molecule has 0 bridgehead atoms. The Balaban J connectivity index is 1.34. The second-order valence-corrected chi connectivity index (χ2v) is 12.1. The summed E-state index contributed by atoms with van der Waals surface area (Å²) in [4.78, 5) is 27.4. The van der Waals surface area contributed by atoms with Crippen molar-refractivity contribution < 1.29 is 32.2 Å². The smallest absolute Gasteiger partial charge is 0.416 e. The monoisotopic (exact) mass is 697 g/mol. The molecule has 0 saturated carbocycles. The molecule has 48 heavy (non-hydrogen) atoms. The average molecular weight is 699 g/mol. The summed E-state index contributed by atoms with van der Waals surface area (Å²) in [5, 5.41) is 7.02. The molecule has 0 aliphatic carbocycles. The largest absolute Gasteiger partial charge is 0.489 e. The average Bonchev–Trinajstić information content (AvgIpc) is 3.05. The maximum absolute atomic E-state index is 13.5. The number of rotatable bonds is 11. The molecule has 0 fully saturated rings. The number of nitrogens with zero attached hydrogens (tertiary/aromatic N) is 1. The number of likely N-dealkylation sites (N-methyl/N-ethyl adjacent to an activating group) is 1. The van der Waals surface area contributed by atoms with Gasteiger partial charge < -0.3 is 25.0 Å². The zero-order valence-electron chi connectivity index (χ0n) is 26.0. The molecule has 1 unspecified atom stereocenters. The van der Waals surface area contributed by atoms with E-state index in [0.717, 1.165) is 28.9 Å². The van der Waals surface area contributed by atoms with E-state index in [2.05, 4.69) is 10.6 Å². The Hall–Kier alpha value is -4.51. The number of nitrogens with one attached hydrogen (secondary N) is 2. The molecule has 4 aromatic rings. The van der Waals surface area contributed by atoms with Crippen LogP contribution in [0.3, 0.4) is 0 Å². The van der Waals surface area contributed by atoms with Crippen LogP contribution in [0.1, 0.15) is 34.7 Å². The van der Waals surface area contributed by atoms with Gasteiger partial charge in [-0.3, -0.25) is 9.59 Å². The standard InChI is InChI=1S/C36H32Cl2F3N3O4/c1-35(48-22-25-10-4-6-13-30(25)38)32(19-26-18-28(14-15-31(26)43-35)47-21-24-9-3-5-12-29(24)37)44(2)34(46)20-42-33(45)17-23-8-7-11-27(16-23)36(39,40)41/h3-16,18-19,43H,17,20-22H2,1-2H3,(H,42,45). The molecule has 1 heterocycles. The molecule has 0 saturated heterocycles. The van der Waals surface area contributed by atoms with Gasteiger partial charge in [0.1, 0.15) is 12.4 Å². The third kappa shape index (κ3) is 8.49. The van der Waals surface area contributed by atoms with Gasteiger partial charge in [0.15, 0.2) is 5.72 Å². The van der Waals surface area contributed by atoms with Gasteiger partial charge in [-0.25, -0.2) is 0 Å². The van der Waals surface area contributed by atoms with Gasteiger partial charge in [0.25, 0.3) is 0 Å². The number of amides is 2. The van der Waals surface area contributed by atoms with E-state index in [1.54, 1.807) is 32.2 Å². The summed E-state index contributed by atoms with van der Waals surface area (Å²) < 4.78 is 51.7. The first kappa shape index (κ1) is 34.8. The van der Waals surface area contributed by atoms with Crippen molar-refractivity contribution in [3.8, 4) is 5.75 Å². The van der Waals surface area contributed by atoms with Crippen LogP contribution in [-0.2, 0) is 40.1 Å². The van der Waals surface area contributed by atoms with Crippen LogP contribution in [0.4, 0.5) is 18.9 Å². The second-order valence-electron chi connectivity index (χ2n) is 11.3. The molecular weight excluding hydrogens is 666 g/mol. The second kappa shape index (κ2) is 14.7. The van der Waals surface area contributed by atoms with Gasteiger partial charge in [-0.05, 0) is 60.5 Å². The normalized spacial score (nSPS) is 15.5. The SMILES string of the molecule is CN(C(=O)CNC(=O)Cc1cccc(C(F)(F)F)c1)C1=Cc2cc(OCc3ccccc3Cl)ccc2NC1(C)OCc1ccccc1Cl. The lowest BCUT2D eigenvalue weighted by Gasteiger charge is -2.41. The molecule has 1 aliphatic rings. The van der Waals surface area contributed by atoms with E-state index in [0.29, 0.717) is 27.1 Å². The summed E-state index contributed by atoms with van der Waals surface area (Å²) in [5.74, 6) is -0.514. The third-order valence-electron chi connectivity index (χ3n) is 7.79. The van der Waals surface area contributed by atoms with Gasteiger partial charge in [0, 0.05) is 33.9 Å². The number of benzene rings is 4. The molecule has 2 N–H and O–H groups in total. The number of fused-ring (bicyclic) bond motifs is 1. The fourth-order valence-electron chi connectivity index (χ4n) is 5.14. The summed E-state index contributed by atoms with van der Waals surface area (Å²) in [6, 6.07) is 24.6. The number of halogens is 5. The van der Waals surface area contributed by atoms with E-state index in [9.17, 15) is 22.8 Å². The predicted octanol–water partition coefficient (Wildman–Crippen LogP) is 8.11. The number of hydrogen-bond donors (Lipinski definition) is 2. The van der Waals surface area contributed by atoms with Crippen LogP contribution in [-0.4, -0.2) is 36.0 Å². The minimum absolute atomic E-state index is 0.116. The van der Waals surface area contributed by atoms with Crippen LogP contribution in [0.25, 0.3) is 6.08 Å². The molecule has 0 radical (unpaired) electrons. The van der Waals surface area contributed by atoms with Crippen molar-refractivity contribution in [1.82, 2.24) is 10.2 Å². The van der Waals surface area contributed by atoms with Crippen molar-refractivity contribution in [2.45, 2.75) is 38.5 Å². The molecule has 5 rings (SSSR count). The van der Waals surface area contributed by atoms with Crippen molar-refractivity contribution in [2.24, 2.45) is 0 Å². The molecule has 12 heteroatoms. The predicted molar refractivity (Wildman–Crippen MR) is 179 cm³/mol. The first-order valence-corrected chi connectivity index (χ1v) is 15.7. The molecule has 1 aliphatic heterocycles. The summed E-state index contributed by atoms with van der Waals surface area (Å²) in [6.45, 7) is 1.74. The summed E-state index contributed by atoms with van der Waals surface area (Å²) in [6.07, 6.45) is -3.06. The van der Waals surface area contributed by atoms with Gasteiger partial charge >= 0.3 is 6.18 Å². The van der Waals surface area contributed by atoms with E-state index >= 15 is 0 Å². The van der Waals surface area contributed by atoms with Crippen molar-refractivity contribution in [3.63, 3.8) is 0 Å². The highest BCUT2D eigenvalue weighted by Crippen LogP contribution is 2.38. The zero-order chi connectivity index (χ0) is 34.5. The van der Waals surface area contributed by atoms with Crippen molar-refractivity contribution >= 4 is 46.8 Å². The number of carbonyl (C=O) groups excluding carboxylic acids is 2. The lowest BCUT2D eigenvalue weighted by molar-refractivity contribution is -0.137. The van der Waals surface area contributed by atoms with Gasteiger partial charge in [-0.2, -0.15) is 13.2 Å². The van der Waals surface area contributed by atoms with Crippen LogP contribution in [0.5, 0.6) is 5.75 Å². The highest BCUT2D eigenvalue weighted by molar-refractivity contribution is 6.31. The van der Waals surface area contributed by atoms with Crippen molar-refractivity contribution in [2.75, 3.05) is 18.9 Å². The number of carbonyl (C=O) groups is 2. The highest BCUT2D eigenvalue weighted by atomic mass is 35.5. The van der Waals surface area contributed by atoms with Crippen LogP contribution < -0.4 is 15.4 Å². The summed E-state index contributed by atoms with van der Waals surface area (Å²) >= 11 is 12.7.